The Hall–Kier alpha value is -1.49. The molecule has 1 aromatic rings. The van der Waals surface area contributed by atoms with Crippen molar-refractivity contribution in [3.63, 3.8) is 0 Å². The molecule has 1 aliphatic heterocycles. The van der Waals surface area contributed by atoms with Crippen molar-refractivity contribution < 1.29 is 13.9 Å². The van der Waals surface area contributed by atoms with Crippen LogP contribution in [0.1, 0.15) is 16.8 Å². The molecule has 0 radical (unpaired) electrons. The topological polar surface area (TPSA) is 51.2 Å². The molecule has 1 amide bonds. The van der Waals surface area contributed by atoms with Gasteiger partial charge in [-0.15, -0.1) is 0 Å². The summed E-state index contributed by atoms with van der Waals surface area (Å²) in [6, 6.07) is 1.17. The lowest BCUT2D eigenvalue weighted by atomic mass is 10.1. The van der Waals surface area contributed by atoms with Gasteiger partial charge < -0.3 is 10.1 Å². The fraction of sp³-hybridized carbons (Fsp3) is 0.455. The van der Waals surface area contributed by atoms with Gasteiger partial charge in [0, 0.05) is 25.3 Å². The summed E-state index contributed by atoms with van der Waals surface area (Å²) in [4.78, 5) is 15.2. The summed E-state index contributed by atoms with van der Waals surface area (Å²) in [7, 11) is 0. The second kappa shape index (κ2) is 5.03. The van der Waals surface area contributed by atoms with E-state index in [-0.39, 0.29) is 11.5 Å². The third-order valence-electron chi connectivity index (χ3n) is 2.54. The van der Waals surface area contributed by atoms with Gasteiger partial charge in [-0.25, -0.2) is 4.39 Å². The maximum atomic E-state index is 12.8. The number of pyridine rings is 1. The van der Waals surface area contributed by atoms with E-state index in [9.17, 15) is 9.18 Å². The van der Waals surface area contributed by atoms with Crippen molar-refractivity contribution >= 4 is 5.91 Å². The van der Waals surface area contributed by atoms with Crippen molar-refractivity contribution in [3.05, 3.63) is 29.8 Å². The molecule has 0 unspecified atom stereocenters. The number of rotatable bonds is 3. The minimum absolute atomic E-state index is 0.249. The summed E-state index contributed by atoms with van der Waals surface area (Å²) in [6.45, 7) is 2.00. The van der Waals surface area contributed by atoms with Gasteiger partial charge in [-0.3, -0.25) is 9.78 Å². The first kappa shape index (κ1) is 11.0. The Kier molecular flexibility index (Phi) is 3.46. The second-order valence-electron chi connectivity index (χ2n) is 3.83. The van der Waals surface area contributed by atoms with Gasteiger partial charge in [0.05, 0.1) is 18.4 Å². The molecule has 1 atom stereocenters. The molecular formula is C11H13FN2O2. The van der Waals surface area contributed by atoms with E-state index in [2.05, 4.69) is 10.3 Å². The Balaban J connectivity index is 1.87. The van der Waals surface area contributed by atoms with Crippen LogP contribution in [0.25, 0.3) is 0 Å². The van der Waals surface area contributed by atoms with Gasteiger partial charge in [-0.05, 0) is 12.5 Å². The van der Waals surface area contributed by atoms with Gasteiger partial charge in [-0.2, -0.15) is 0 Å². The molecule has 2 rings (SSSR count). The van der Waals surface area contributed by atoms with Crippen LogP contribution in [0.15, 0.2) is 18.5 Å². The number of carbonyl (C=O) groups is 1. The van der Waals surface area contributed by atoms with Gasteiger partial charge in [0.15, 0.2) is 0 Å². The van der Waals surface area contributed by atoms with Crippen LogP contribution in [0.2, 0.25) is 0 Å². The number of aromatic nitrogens is 1. The molecule has 0 aromatic carbocycles. The van der Waals surface area contributed by atoms with Crippen molar-refractivity contribution in [2.75, 3.05) is 19.8 Å². The summed E-state index contributed by atoms with van der Waals surface area (Å²) >= 11 is 0. The highest BCUT2D eigenvalue weighted by Crippen LogP contribution is 2.11. The Morgan fingerprint density at radius 2 is 2.50 bits per heavy atom. The molecule has 0 spiro atoms. The minimum atomic E-state index is -0.503. The maximum Gasteiger partial charge on any atom is 0.252 e. The minimum Gasteiger partial charge on any atom is -0.381 e. The van der Waals surface area contributed by atoms with E-state index >= 15 is 0 Å². The Labute approximate surface area is 92.8 Å². The van der Waals surface area contributed by atoms with Crippen molar-refractivity contribution in [2.24, 2.45) is 5.92 Å². The molecule has 0 bridgehead atoms. The Bertz CT molecular complexity index is 378. The summed E-state index contributed by atoms with van der Waals surface area (Å²) in [6.07, 6.45) is 3.38. The maximum absolute atomic E-state index is 12.8. The predicted octanol–water partition coefficient (Wildman–Crippen LogP) is 0.987. The average molecular weight is 224 g/mol. The Morgan fingerprint density at radius 1 is 1.62 bits per heavy atom. The van der Waals surface area contributed by atoms with Gasteiger partial charge in [0.25, 0.3) is 5.91 Å². The average Bonchev–Trinajstić information content (AvgIpc) is 2.78. The zero-order valence-electron chi connectivity index (χ0n) is 8.78. The highest BCUT2D eigenvalue weighted by atomic mass is 19.1. The van der Waals surface area contributed by atoms with Gasteiger partial charge in [0.2, 0.25) is 0 Å². The van der Waals surface area contributed by atoms with Crippen molar-refractivity contribution in [2.45, 2.75) is 6.42 Å². The number of nitrogens with zero attached hydrogens (tertiary/aromatic N) is 1. The predicted molar refractivity (Wildman–Crippen MR) is 55.5 cm³/mol. The van der Waals surface area contributed by atoms with Gasteiger partial charge in [-0.1, -0.05) is 0 Å². The van der Waals surface area contributed by atoms with Gasteiger partial charge >= 0.3 is 0 Å². The first-order valence-electron chi connectivity index (χ1n) is 5.22. The smallest absolute Gasteiger partial charge is 0.252 e. The van der Waals surface area contributed by atoms with Crippen LogP contribution in [0.3, 0.4) is 0 Å². The highest BCUT2D eigenvalue weighted by molar-refractivity contribution is 5.93. The normalized spacial score (nSPS) is 19.7. The summed E-state index contributed by atoms with van der Waals surface area (Å²) in [5.41, 5.74) is 0.249. The van der Waals surface area contributed by atoms with Crippen molar-refractivity contribution in [1.29, 1.82) is 0 Å². The standard InChI is InChI=1S/C11H13FN2O2/c12-10-3-9(5-13-6-10)11(15)14-4-8-1-2-16-7-8/h3,5-6,8H,1-2,4,7H2,(H,14,15)/t8-/m0/s1. The number of ether oxygens (including phenoxy) is 1. The first-order valence-corrected chi connectivity index (χ1v) is 5.22. The largest absolute Gasteiger partial charge is 0.381 e. The molecule has 1 saturated heterocycles. The summed E-state index contributed by atoms with van der Waals surface area (Å²) in [5, 5.41) is 2.74. The molecule has 4 nitrogen and oxygen atoms in total. The molecule has 5 heteroatoms. The lowest BCUT2D eigenvalue weighted by Gasteiger charge is -2.09. The molecular weight excluding hydrogens is 211 g/mol. The quantitative estimate of drug-likeness (QED) is 0.832. The molecule has 86 valence electrons. The molecule has 1 N–H and O–H groups in total. The Morgan fingerprint density at radius 3 is 3.19 bits per heavy atom. The summed E-state index contributed by atoms with van der Waals surface area (Å²) < 4.78 is 18.0. The van der Waals surface area contributed by atoms with Crippen LogP contribution < -0.4 is 5.32 Å². The number of amides is 1. The van der Waals surface area contributed by atoms with E-state index in [1.165, 1.54) is 12.3 Å². The third-order valence-corrected chi connectivity index (χ3v) is 2.54. The lowest BCUT2D eigenvalue weighted by Crippen LogP contribution is -2.29. The molecule has 16 heavy (non-hydrogen) atoms. The zero-order chi connectivity index (χ0) is 11.4. The van der Waals surface area contributed by atoms with E-state index in [4.69, 9.17) is 4.74 Å². The van der Waals surface area contributed by atoms with Crippen LogP contribution in [0.5, 0.6) is 0 Å². The number of halogens is 1. The van der Waals surface area contributed by atoms with Crippen molar-refractivity contribution in [1.82, 2.24) is 10.3 Å². The van der Waals surface area contributed by atoms with Crippen LogP contribution in [-0.2, 0) is 4.74 Å². The zero-order valence-corrected chi connectivity index (χ0v) is 8.78. The van der Waals surface area contributed by atoms with E-state index in [1.54, 1.807) is 0 Å². The van der Waals surface area contributed by atoms with E-state index in [0.717, 1.165) is 19.2 Å². The first-order chi connectivity index (χ1) is 7.75. The van der Waals surface area contributed by atoms with Gasteiger partial charge in [0.1, 0.15) is 5.82 Å². The number of hydrogen-bond acceptors (Lipinski definition) is 3. The SMILES string of the molecule is O=C(NC[C@@H]1CCOC1)c1cncc(F)c1. The van der Waals surface area contributed by atoms with E-state index in [1.807, 2.05) is 0 Å². The fourth-order valence-electron chi connectivity index (χ4n) is 1.62. The number of nitrogens with one attached hydrogen (secondary N) is 1. The van der Waals surface area contributed by atoms with Crippen LogP contribution >= 0.6 is 0 Å². The highest BCUT2D eigenvalue weighted by Gasteiger charge is 2.16. The number of hydrogen-bond donors (Lipinski definition) is 1. The fourth-order valence-corrected chi connectivity index (χ4v) is 1.62. The van der Waals surface area contributed by atoms with Crippen molar-refractivity contribution in [3.8, 4) is 0 Å². The summed E-state index contributed by atoms with van der Waals surface area (Å²) in [5.74, 6) is -0.429. The second-order valence-corrected chi connectivity index (χ2v) is 3.83. The monoisotopic (exact) mass is 224 g/mol. The molecule has 0 saturated carbocycles. The van der Waals surface area contributed by atoms with Crippen LogP contribution in [0, 0.1) is 11.7 Å². The molecule has 1 aromatic heterocycles. The van der Waals surface area contributed by atoms with Crippen LogP contribution in [-0.4, -0.2) is 30.6 Å². The van der Waals surface area contributed by atoms with E-state index < -0.39 is 5.82 Å². The van der Waals surface area contributed by atoms with E-state index in [0.29, 0.717) is 19.1 Å². The molecule has 2 heterocycles. The molecule has 0 aliphatic carbocycles. The molecule has 1 fully saturated rings. The third kappa shape index (κ3) is 2.76. The number of carbonyl (C=O) groups excluding carboxylic acids is 1. The van der Waals surface area contributed by atoms with Crippen LogP contribution in [0.4, 0.5) is 4.39 Å². The molecule has 1 aliphatic rings. The lowest BCUT2D eigenvalue weighted by molar-refractivity contribution is 0.0944.